The van der Waals surface area contributed by atoms with Crippen LogP contribution in [-0.2, 0) is 6.54 Å². The SMILES string of the molecule is C=CCOc1c(CNc2c(F)c(OC)cc(OC)c2F)cnc2c1cnn2PC. The summed E-state index contributed by atoms with van der Waals surface area (Å²) < 4.78 is 46.7. The normalized spacial score (nSPS) is 11.2. The minimum atomic E-state index is -0.853. The number of aromatic nitrogens is 3. The molecule has 154 valence electrons. The van der Waals surface area contributed by atoms with Gasteiger partial charge >= 0.3 is 0 Å². The highest BCUT2D eigenvalue weighted by atomic mass is 31.1. The lowest BCUT2D eigenvalue weighted by Gasteiger charge is -2.16. The zero-order chi connectivity index (χ0) is 21.0. The molecule has 0 radical (unpaired) electrons. The molecule has 0 spiro atoms. The van der Waals surface area contributed by atoms with E-state index in [4.69, 9.17) is 14.2 Å². The minimum Gasteiger partial charge on any atom is -0.493 e. The lowest BCUT2D eigenvalue weighted by molar-refractivity contribution is 0.359. The van der Waals surface area contributed by atoms with Crippen molar-refractivity contribution < 1.29 is 23.0 Å². The molecule has 1 unspecified atom stereocenters. The number of nitrogens with one attached hydrogen (secondary N) is 1. The number of nitrogens with zero attached hydrogens (tertiary/aromatic N) is 3. The molecule has 10 heteroatoms. The molecule has 1 N–H and O–H groups in total. The fourth-order valence-electron chi connectivity index (χ4n) is 2.82. The van der Waals surface area contributed by atoms with E-state index in [0.717, 1.165) is 6.07 Å². The standard InChI is InChI=1S/C19H21F2N4O3P/c1-5-6-28-18-11(9-23-19-12(18)10-24-25(19)29-4)8-22-17-15(20)13(26-2)7-14(27-3)16(17)21/h5,7,9-10,22,29H,1,6,8H2,2-4H3. The van der Waals surface area contributed by atoms with Gasteiger partial charge in [-0.1, -0.05) is 12.7 Å². The monoisotopic (exact) mass is 422 g/mol. The van der Waals surface area contributed by atoms with Crippen LogP contribution in [0.5, 0.6) is 17.2 Å². The molecule has 29 heavy (non-hydrogen) atoms. The quantitative estimate of drug-likeness (QED) is 0.416. The summed E-state index contributed by atoms with van der Waals surface area (Å²) >= 11 is 0. The molecule has 0 aliphatic rings. The van der Waals surface area contributed by atoms with Gasteiger partial charge in [-0.25, -0.2) is 18.2 Å². The second kappa shape index (κ2) is 9.05. The lowest BCUT2D eigenvalue weighted by Crippen LogP contribution is -2.09. The molecule has 0 saturated carbocycles. The predicted octanol–water partition coefficient (Wildman–Crippen LogP) is 3.98. The van der Waals surface area contributed by atoms with E-state index in [1.165, 1.54) is 14.2 Å². The molecule has 0 aliphatic heterocycles. The fraction of sp³-hybridized carbons (Fsp3) is 0.263. The van der Waals surface area contributed by atoms with Crippen LogP contribution in [-0.4, -0.2) is 42.0 Å². The van der Waals surface area contributed by atoms with Gasteiger partial charge in [0.05, 0.1) is 25.8 Å². The van der Waals surface area contributed by atoms with Gasteiger partial charge in [-0.2, -0.15) is 5.10 Å². The number of hydrogen-bond acceptors (Lipinski definition) is 6. The molecule has 3 aromatic rings. The summed E-state index contributed by atoms with van der Waals surface area (Å²) in [7, 11) is 2.99. The van der Waals surface area contributed by atoms with Crippen LogP contribution in [0.3, 0.4) is 0 Å². The second-order valence-corrected chi connectivity index (χ2v) is 6.74. The number of anilines is 1. The molecule has 0 saturated heterocycles. The topological polar surface area (TPSA) is 70.4 Å². The van der Waals surface area contributed by atoms with Gasteiger partial charge in [-0.05, 0) is 6.66 Å². The van der Waals surface area contributed by atoms with Crippen LogP contribution in [0.25, 0.3) is 11.0 Å². The highest BCUT2D eigenvalue weighted by molar-refractivity contribution is 7.35. The summed E-state index contributed by atoms with van der Waals surface area (Å²) in [6.45, 7) is 5.96. The van der Waals surface area contributed by atoms with Crippen molar-refractivity contribution in [2.24, 2.45) is 0 Å². The Morgan fingerprint density at radius 3 is 2.48 bits per heavy atom. The number of pyridine rings is 1. The van der Waals surface area contributed by atoms with Crippen LogP contribution in [0.15, 0.2) is 31.1 Å². The van der Waals surface area contributed by atoms with Gasteiger partial charge in [0.25, 0.3) is 0 Å². The highest BCUT2D eigenvalue weighted by Gasteiger charge is 2.21. The zero-order valence-electron chi connectivity index (χ0n) is 16.3. The lowest BCUT2D eigenvalue weighted by atomic mass is 10.2. The Kier molecular flexibility index (Phi) is 6.49. The first kappa shape index (κ1) is 20.8. The van der Waals surface area contributed by atoms with E-state index in [0.29, 0.717) is 31.1 Å². The van der Waals surface area contributed by atoms with Crippen LogP contribution < -0.4 is 19.5 Å². The highest BCUT2D eigenvalue weighted by Crippen LogP contribution is 2.36. The van der Waals surface area contributed by atoms with Crippen molar-refractivity contribution in [3.63, 3.8) is 0 Å². The van der Waals surface area contributed by atoms with Crippen LogP contribution in [0.1, 0.15) is 5.56 Å². The molecule has 2 aromatic heterocycles. The van der Waals surface area contributed by atoms with E-state index in [-0.39, 0.29) is 30.3 Å². The second-order valence-electron chi connectivity index (χ2n) is 5.87. The van der Waals surface area contributed by atoms with Crippen molar-refractivity contribution in [3.8, 4) is 17.2 Å². The van der Waals surface area contributed by atoms with Crippen molar-refractivity contribution >= 4 is 25.5 Å². The Balaban J connectivity index is 1.99. The van der Waals surface area contributed by atoms with E-state index in [2.05, 4.69) is 22.0 Å². The molecular weight excluding hydrogens is 401 g/mol. The number of fused-ring (bicyclic) bond motifs is 1. The Labute approximate surface area is 168 Å². The summed E-state index contributed by atoms with van der Waals surface area (Å²) in [6, 6.07) is 1.15. The molecular formula is C19H21F2N4O3P. The van der Waals surface area contributed by atoms with Gasteiger partial charge in [0.15, 0.2) is 28.8 Å². The number of benzene rings is 1. The fourth-order valence-corrected chi connectivity index (χ4v) is 3.39. The first-order chi connectivity index (χ1) is 14.0. The summed E-state index contributed by atoms with van der Waals surface area (Å²) in [5, 5.41) is 7.78. The third-order valence-electron chi connectivity index (χ3n) is 4.21. The van der Waals surface area contributed by atoms with Crippen LogP contribution >= 0.6 is 8.73 Å². The number of methoxy groups -OCH3 is 2. The first-order valence-electron chi connectivity index (χ1n) is 8.66. The van der Waals surface area contributed by atoms with E-state index < -0.39 is 11.6 Å². The van der Waals surface area contributed by atoms with Crippen LogP contribution in [0.2, 0.25) is 0 Å². The molecule has 2 heterocycles. The van der Waals surface area contributed by atoms with E-state index in [1.54, 1.807) is 22.9 Å². The smallest absolute Gasteiger partial charge is 0.191 e. The van der Waals surface area contributed by atoms with Crippen molar-refractivity contribution in [1.29, 1.82) is 0 Å². The largest absolute Gasteiger partial charge is 0.493 e. The maximum Gasteiger partial charge on any atom is 0.191 e. The predicted molar refractivity (Wildman–Crippen MR) is 110 cm³/mol. The van der Waals surface area contributed by atoms with Crippen molar-refractivity contribution in [1.82, 2.24) is 14.5 Å². The summed E-state index contributed by atoms with van der Waals surface area (Å²) in [5.74, 6) is -1.44. The van der Waals surface area contributed by atoms with E-state index >= 15 is 0 Å². The minimum absolute atomic E-state index is 0.0547. The van der Waals surface area contributed by atoms with Crippen LogP contribution in [0.4, 0.5) is 14.5 Å². The molecule has 0 aliphatic carbocycles. The molecule has 0 bridgehead atoms. The van der Waals surface area contributed by atoms with Gasteiger partial charge in [-0.15, -0.1) is 0 Å². The number of ether oxygens (including phenoxy) is 3. The summed E-state index contributed by atoms with van der Waals surface area (Å²) in [4.78, 5) is 4.43. The first-order valence-corrected chi connectivity index (χ1v) is 10.1. The maximum atomic E-state index is 14.6. The Morgan fingerprint density at radius 1 is 1.21 bits per heavy atom. The van der Waals surface area contributed by atoms with Gasteiger partial charge < -0.3 is 19.5 Å². The Bertz CT molecular complexity index is 1010. The Hall–Kier alpha value is -2.93. The zero-order valence-corrected chi connectivity index (χ0v) is 17.3. The Morgan fingerprint density at radius 2 is 1.90 bits per heavy atom. The average Bonchev–Trinajstić information content (AvgIpc) is 3.16. The van der Waals surface area contributed by atoms with Gasteiger partial charge in [0.1, 0.15) is 18.0 Å². The van der Waals surface area contributed by atoms with Crippen molar-refractivity contribution in [3.05, 3.63) is 48.3 Å². The van der Waals surface area contributed by atoms with E-state index in [1.807, 2.05) is 6.66 Å². The third kappa shape index (κ3) is 3.96. The number of rotatable bonds is 9. The van der Waals surface area contributed by atoms with Crippen LogP contribution in [0, 0.1) is 11.6 Å². The average molecular weight is 422 g/mol. The summed E-state index contributed by atoms with van der Waals surface area (Å²) in [5.41, 5.74) is 0.926. The molecule has 1 atom stereocenters. The van der Waals surface area contributed by atoms with Gasteiger partial charge in [0.2, 0.25) is 0 Å². The molecule has 3 rings (SSSR count). The van der Waals surface area contributed by atoms with Crippen molar-refractivity contribution in [2.75, 3.05) is 32.8 Å². The molecule has 0 amide bonds. The van der Waals surface area contributed by atoms with Gasteiger partial charge in [0, 0.05) is 33.1 Å². The molecule has 1 aromatic carbocycles. The third-order valence-corrected chi connectivity index (χ3v) is 4.96. The number of hydrogen-bond donors (Lipinski definition) is 1. The molecule has 0 fully saturated rings. The summed E-state index contributed by atoms with van der Waals surface area (Å²) in [6.07, 6.45) is 4.87. The number of halogens is 2. The maximum absolute atomic E-state index is 14.6. The molecule has 7 nitrogen and oxygen atoms in total. The van der Waals surface area contributed by atoms with Crippen molar-refractivity contribution in [2.45, 2.75) is 6.54 Å². The van der Waals surface area contributed by atoms with Gasteiger partial charge in [-0.3, -0.25) is 0 Å². The van der Waals surface area contributed by atoms with E-state index in [9.17, 15) is 8.78 Å².